The summed E-state index contributed by atoms with van der Waals surface area (Å²) in [6, 6.07) is 12.8. The van der Waals surface area contributed by atoms with Gasteiger partial charge in [0.1, 0.15) is 12.4 Å². The SMILES string of the molecule is O=c1ccn(NCCCNC2COc3c(Cl)cc(Cl)cc32)c2ccccc12. The first-order valence-electron chi connectivity index (χ1n) is 8.83. The summed E-state index contributed by atoms with van der Waals surface area (Å²) in [6.45, 7) is 2.12. The normalized spacial score (nSPS) is 15.6. The third-order valence-corrected chi connectivity index (χ3v) is 5.14. The molecule has 1 atom stereocenters. The van der Waals surface area contributed by atoms with E-state index in [4.69, 9.17) is 27.9 Å². The third-order valence-electron chi connectivity index (χ3n) is 4.64. The molecular formula is C20H19Cl2N3O2. The highest BCUT2D eigenvalue weighted by atomic mass is 35.5. The Bertz CT molecular complexity index is 1040. The number of nitrogens with zero attached hydrogens (tertiary/aromatic N) is 1. The molecule has 1 aromatic heterocycles. The fourth-order valence-electron chi connectivity index (χ4n) is 3.32. The van der Waals surface area contributed by atoms with Crippen LogP contribution in [0.2, 0.25) is 10.0 Å². The number of benzene rings is 2. The Morgan fingerprint density at radius 3 is 2.89 bits per heavy atom. The van der Waals surface area contributed by atoms with Gasteiger partial charge in [-0.2, -0.15) is 0 Å². The van der Waals surface area contributed by atoms with Crippen molar-refractivity contribution < 1.29 is 4.74 Å². The number of hydrogen-bond donors (Lipinski definition) is 2. The molecule has 5 nitrogen and oxygen atoms in total. The fourth-order valence-corrected chi connectivity index (χ4v) is 3.89. The molecule has 0 bridgehead atoms. The van der Waals surface area contributed by atoms with Gasteiger partial charge in [-0.25, -0.2) is 0 Å². The Kier molecular flexibility index (Phi) is 5.25. The Morgan fingerprint density at radius 1 is 1.15 bits per heavy atom. The first-order chi connectivity index (χ1) is 13.1. The van der Waals surface area contributed by atoms with E-state index in [-0.39, 0.29) is 11.5 Å². The second-order valence-corrected chi connectivity index (χ2v) is 7.30. The van der Waals surface area contributed by atoms with Gasteiger partial charge in [-0.05, 0) is 37.2 Å². The maximum Gasteiger partial charge on any atom is 0.189 e. The Morgan fingerprint density at radius 2 is 2.00 bits per heavy atom. The summed E-state index contributed by atoms with van der Waals surface area (Å²) in [5, 5.41) is 5.35. The van der Waals surface area contributed by atoms with Crippen molar-refractivity contribution in [1.82, 2.24) is 9.99 Å². The van der Waals surface area contributed by atoms with Crippen LogP contribution in [-0.4, -0.2) is 24.4 Å². The van der Waals surface area contributed by atoms with Crippen LogP contribution in [0.3, 0.4) is 0 Å². The minimum absolute atomic E-state index is 0.0301. The lowest BCUT2D eigenvalue weighted by Gasteiger charge is -2.15. The highest BCUT2D eigenvalue weighted by Crippen LogP contribution is 2.40. The van der Waals surface area contributed by atoms with Crippen molar-refractivity contribution >= 4 is 34.1 Å². The molecule has 3 aromatic rings. The van der Waals surface area contributed by atoms with E-state index >= 15 is 0 Å². The minimum atomic E-state index is 0.0301. The van der Waals surface area contributed by atoms with Gasteiger partial charge >= 0.3 is 0 Å². The summed E-state index contributed by atoms with van der Waals surface area (Å²) < 4.78 is 7.57. The smallest absolute Gasteiger partial charge is 0.189 e. The number of nitrogens with one attached hydrogen (secondary N) is 2. The van der Waals surface area contributed by atoms with Crippen LogP contribution < -0.4 is 20.9 Å². The molecule has 0 fully saturated rings. The molecule has 1 aliphatic rings. The topological polar surface area (TPSA) is 55.3 Å². The lowest BCUT2D eigenvalue weighted by Crippen LogP contribution is -2.26. The van der Waals surface area contributed by atoms with Gasteiger partial charge in [0, 0.05) is 34.8 Å². The van der Waals surface area contributed by atoms with E-state index in [0.717, 1.165) is 36.3 Å². The van der Waals surface area contributed by atoms with Crippen LogP contribution >= 0.6 is 23.2 Å². The molecule has 1 aliphatic heterocycles. The highest BCUT2D eigenvalue weighted by molar-refractivity contribution is 6.35. The van der Waals surface area contributed by atoms with Gasteiger partial charge in [-0.15, -0.1) is 0 Å². The first kappa shape index (κ1) is 18.2. The summed E-state index contributed by atoms with van der Waals surface area (Å²) in [5.74, 6) is 0.719. The van der Waals surface area contributed by atoms with Crippen molar-refractivity contribution in [3.63, 3.8) is 0 Å². The molecule has 0 amide bonds. The molecule has 2 N–H and O–H groups in total. The number of halogens is 2. The number of hydrogen-bond acceptors (Lipinski definition) is 4. The summed E-state index contributed by atoms with van der Waals surface area (Å²) in [6.07, 6.45) is 2.67. The Labute approximate surface area is 166 Å². The molecule has 2 heterocycles. The van der Waals surface area contributed by atoms with Gasteiger partial charge in [0.2, 0.25) is 0 Å². The van der Waals surface area contributed by atoms with Gasteiger partial charge in [-0.1, -0.05) is 35.3 Å². The third kappa shape index (κ3) is 3.76. The van der Waals surface area contributed by atoms with Crippen molar-refractivity contribution in [3.8, 4) is 5.75 Å². The average Bonchev–Trinajstić information content (AvgIpc) is 3.06. The van der Waals surface area contributed by atoms with E-state index < -0.39 is 0 Å². The van der Waals surface area contributed by atoms with Crippen molar-refractivity contribution in [1.29, 1.82) is 0 Å². The minimum Gasteiger partial charge on any atom is -0.490 e. The van der Waals surface area contributed by atoms with E-state index in [1.165, 1.54) is 0 Å². The summed E-state index contributed by atoms with van der Waals surface area (Å²) in [7, 11) is 0. The fraction of sp³-hybridized carbons (Fsp3) is 0.250. The van der Waals surface area contributed by atoms with Crippen LogP contribution in [0, 0.1) is 0 Å². The zero-order chi connectivity index (χ0) is 18.8. The van der Waals surface area contributed by atoms with Crippen molar-refractivity contribution in [2.24, 2.45) is 0 Å². The van der Waals surface area contributed by atoms with Gasteiger partial charge in [0.15, 0.2) is 5.43 Å². The lowest BCUT2D eigenvalue weighted by molar-refractivity contribution is 0.311. The molecule has 27 heavy (non-hydrogen) atoms. The molecule has 2 aromatic carbocycles. The van der Waals surface area contributed by atoms with Crippen molar-refractivity contribution in [3.05, 3.63) is 74.5 Å². The summed E-state index contributed by atoms with van der Waals surface area (Å²) >= 11 is 12.3. The quantitative estimate of drug-likeness (QED) is 0.611. The van der Waals surface area contributed by atoms with Crippen LogP contribution in [0.15, 0.2) is 53.5 Å². The van der Waals surface area contributed by atoms with Crippen LogP contribution in [0.4, 0.5) is 0 Å². The number of pyridine rings is 1. The van der Waals surface area contributed by atoms with E-state index in [1.54, 1.807) is 18.3 Å². The van der Waals surface area contributed by atoms with Crippen LogP contribution in [-0.2, 0) is 0 Å². The number of rotatable bonds is 6. The number of aromatic nitrogens is 1. The number of fused-ring (bicyclic) bond motifs is 2. The zero-order valence-corrected chi connectivity index (χ0v) is 16.1. The molecule has 7 heteroatoms. The summed E-state index contributed by atoms with van der Waals surface area (Å²) in [4.78, 5) is 11.9. The second-order valence-electron chi connectivity index (χ2n) is 6.45. The lowest BCUT2D eigenvalue weighted by atomic mass is 10.1. The predicted molar refractivity (Wildman–Crippen MR) is 110 cm³/mol. The number of para-hydroxylation sites is 1. The molecule has 0 aliphatic carbocycles. The molecule has 140 valence electrons. The number of ether oxygens (including phenoxy) is 1. The van der Waals surface area contributed by atoms with E-state index in [9.17, 15) is 4.79 Å². The molecule has 0 spiro atoms. The van der Waals surface area contributed by atoms with E-state index in [0.29, 0.717) is 22.0 Å². The Balaban J connectivity index is 1.33. The maximum atomic E-state index is 11.9. The maximum absolute atomic E-state index is 11.9. The van der Waals surface area contributed by atoms with Crippen molar-refractivity contribution in [2.75, 3.05) is 25.1 Å². The average molecular weight is 404 g/mol. The molecule has 4 rings (SSSR count). The van der Waals surface area contributed by atoms with Crippen molar-refractivity contribution in [2.45, 2.75) is 12.5 Å². The molecule has 0 radical (unpaired) electrons. The molecule has 0 saturated heterocycles. The molecule has 0 saturated carbocycles. The van der Waals surface area contributed by atoms with Gasteiger partial charge in [-0.3, -0.25) is 9.47 Å². The van der Waals surface area contributed by atoms with Crippen LogP contribution in [0.5, 0.6) is 5.75 Å². The van der Waals surface area contributed by atoms with Crippen LogP contribution in [0.25, 0.3) is 10.9 Å². The molecule has 1 unspecified atom stereocenters. The predicted octanol–water partition coefficient (Wildman–Crippen LogP) is 3.97. The van der Waals surface area contributed by atoms with Gasteiger partial charge in [0.25, 0.3) is 0 Å². The second kappa shape index (κ2) is 7.80. The standard InChI is InChI=1S/C20H19Cl2N3O2/c21-13-10-15-17(12-27-20(15)16(22)11-13)23-7-3-8-24-25-9-6-19(26)14-4-1-2-5-18(14)25/h1-2,4-6,9-11,17,23-24H,3,7-8,12H2. The Hall–Kier alpha value is -2.21. The van der Waals surface area contributed by atoms with E-state index in [2.05, 4.69) is 10.7 Å². The van der Waals surface area contributed by atoms with E-state index in [1.807, 2.05) is 35.0 Å². The highest BCUT2D eigenvalue weighted by Gasteiger charge is 2.26. The monoisotopic (exact) mass is 403 g/mol. The summed E-state index contributed by atoms with van der Waals surface area (Å²) in [5.41, 5.74) is 5.25. The van der Waals surface area contributed by atoms with Gasteiger partial charge < -0.3 is 15.5 Å². The zero-order valence-electron chi connectivity index (χ0n) is 14.5. The first-order valence-corrected chi connectivity index (χ1v) is 9.58. The molecular weight excluding hydrogens is 385 g/mol. The van der Waals surface area contributed by atoms with Gasteiger partial charge in [0.05, 0.1) is 16.6 Å². The largest absolute Gasteiger partial charge is 0.490 e. The van der Waals surface area contributed by atoms with Crippen LogP contribution in [0.1, 0.15) is 18.0 Å².